The van der Waals surface area contributed by atoms with E-state index >= 15 is 0 Å². The number of carbonyl (C=O) groups is 1. The van der Waals surface area contributed by atoms with E-state index in [0.29, 0.717) is 11.4 Å². The Morgan fingerprint density at radius 1 is 1.31 bits per heavy atom. The molecule has 1 aliphatic rings. The number of aliphatic hydroxyl groups excluding tert-OH is 1. The van der Waals surface area contributed by atoms with Crippen molar-refractivity contribution in [3.8, 4) is 17.0 Å². The highest BCUT2D eigenvalue weighted by molar-refractivity contribution is 7.91. The van der Waals surface area contributed by atoms with Gasteiger partial charge in [0, 0.05) is 23.3 Å². The predicted molar refractivity (Wildman–Crippen MR) is 108 cm³/mol. The van der Waals surface area contributed by atoms with E-state index in [1.165, 1.54) is 0 Å². The number of nitrogens with one attached hydrogen (secondary N) is 1. The third-order valence-corrected chi connectivity index (χ3v) is 6.72. The summed E-state index contributed by atoms with van der Waals surface area (Å²) in [7, 11) is -1.73. The summed E-state index contributed by atoms with van der Waals surface area (Å²) in [6.45, 7) is -0.0184. The van der Waals surface area contributed by atoms with Crippen LogP contribution in [0.2, 0.25) is 0 Å². The van der Waals surface area contributed by atoms with Crippen LogP contribution in [0, 0.1) is 0 Å². The Hall–Kier alpha value is -2.91. The van der Waals surface area contributed by atoms with Crippen LogP contribution >= 0.6 is 0 Å². The minimum Gasteiger partial charge on any atom is -0.497 e. The smallest absolute Gasteiger partial charge is 0.240 e. The minimum atomic E-state index is -3.33. The third kappa shape index (κ3) is 3.96. The number of pyridine rings is 1. The number of hydrogen-bond donors (Lipinski definition) is 2. The highest BCUT2D eigenvalue weighted by Gasteiger charge is 2.37. The van der Waals surface area contributed by atoms with Gasteiger partial charge in [0.2, 0.25) is 5.91 Å². The van der Waals surface area contributed by atoms with E-state index in [1.54, 1.807) is 24.1 Å². The molecule has 3 aromatic rings. The Morgan fingerprint density at radius 2 is 2.14 bits per heavy atom. The monoisotopic (exact) mass is 415 g/mol. The van der Waals surface area contributed by atoms with Crippen LogP contribution in [0.4, 0.5) is 0 Å². The van der Waals surface area contributed by atoms with Crippen LogP contribution in [0.3, 0.4) is 0 Å². The highest BCUT2D eigenvalue weighted by atomic mass is 32.2. The van der Waals surface area contributed by atoms with Gasteiger partial charge < -0.3 is 19.7 Å². The number of aromatic nitrogens is 2. The minimum absolute atomic E-state index is 0.0184. The second-order valence-corrected chi connectivity index (χ2v) is 9.25. The number of hydrogen-bond acceptors (Lipinski definition) is 6. The Balaban J connectivity index is 1.62. The van der Waals surface area contributed by atoms with Crippen LogP contribution in [0.5, 0.6) is 5.75 Å². The number of methoxy groups -OCH3 is 1. The van der Waals surface area contributed by atoms with Gasteiger partial charge >= 0.3 is 0 Å². The average molecular weight is 415 g/mol. The molecule has 9 heteroatoms. The Bertz CT molecular complexity index is 1170. The summed E-state index contributed by atoms with van der Waals surface area (Å²) < 4.78 is 30.3. The van der Waals surface area contributed by atoms with Gasteiger partial charge in [-0.3, -0.25) is 9.78 Å². The van der Waals surface area contributed by atoms with Crippen molar-refractivity contribution in [3.63, 3.8) is 0 Å². The second kappa shape index (κ2) is 7.49. The van der Waals surface area contributed by atoms with Gasteiger partial charge in [0.25, 0.3) is 0 Å². The molecule has 0 radical (unpaired) electrons. The topological polar surface area (TPSA) is 111 Å². The van der Waals surface area contributed by atoms with Crippen LogP contribution in [0.25, 0.3) is 22.2 Å². The lowest BCUT2D eigenvalue weighted by Gasteiger charge is -2.16. The van der Waals surface area contributed by atoms with E-state index in [9.17, 15) is 18.3 Å². The summed E-state index contributed by atoms with van der Waals surface area (Å²) in [5, 5.41) is 13.5. The zero-order valence-corrected chi connectivity index (χ0v) is 16.6. The predicted octanol–water partition coefficient (Wildman–Crippen LogP) is 0.986. The summed E-state index contributed by atoms with van der Waals surface area (Å²) in [4.78, 5) is 17.0. The van der Waals surface area contributed by atoms with Crippen LogP contribution in [-0.4, -0.2) is 59.7 Å². The number of fused-ring (bicyclic) bond motifs is 1. The van der Waals surface area contributed by atoms with Crippen molar-refractivity contribution in [2.45, 2.75) is 18.7 Å². The molecule has 8 nitrogen and oxygen atoms in total. The fourth-order valence-corrected chi connectivity index (χ4v) is 5.38. The lowest BCUT2D eigenvalue weighted by molar-refractivity contribution is -0.122. The van der Waals surface area contributed by atoms with Crippen LogP contribution in [0.15, 0.2) is 48.8 Å². The summed E-state index contributed by atoms with van der Waals surface area (Å²) in [5.41, 5.74) is 2.35. The Labute approximate surface area is 168 Å². The zero-order chi connectivity index (χ0) is 20.6. The van der Waals surface area contributed by atoms with Gasteiger partial charge in [0.05, 0.1) is 42.0 Å². The first kappa shape index (κ1) is 19.4. The molecular weight excluding hydrogens is 394 g/mol. The number of sulfone groups is 1. The molecule has 29 heavy (non-hydrogen) atoms. The molecule has 1 amide bonds. The molecule has 1 aliphatic heterocycles. The number of ether oxygens (including phenoxy) is 1. The first-order valence-corrected chi connectivity index (χ1v) is 10.9. The number of amides is 1. The van der Waals surface area contributed by atoms with Crippen molar-refractivity contribution >= 4 is 26.6 Å². The van der Waals surface area contributed by atoms with Crippen molar-refractivity contribution in [2.24, 2.45) is 0 Å². The van der Waals surface area contributed by atoms with Gasteiger partial charge in [-0.1, -0.05) is 12.1 Å². The SMILES string of the molecule is COc1cccc(-c2nccc3ccn(CC(=O)NC4CS(=O)(=O)CC4O)c23)c1. The number of nitrogens with zero attached hydrogens (tertiary/aromatic N) is 2. The fraction of sp³-hybridized carbons (Fsp3) is 0.300. The van der Waals surface area contributed by atoms with Crippen molar-refractivity contribution in [1.29, 1.82) is 0 Å². The number of aliphatic hydroxyl groups is 1. The first-order valence-electron chi connectivity index (χ1n) is 9.12. The zero-order valence-electron chi connectivity index (χ0n) is 15.8. The van der Waals surface area contributed by atoms with E-state index in [4.69, 9.17) is 4.74 Å². The van der Waals surface area contributed by atoms with E-state index in [-0.39, 0.29) is 24.0 Å². The molecule has 3 heterocycles. The molecule has 0 spiro atoms. The molecule has 1 aromatic carbocycles. The summed E-state index contributed by atoms with van der Waals surface area (Å²) in [5.74, 6) is -0.241. The van der Waals surface area contributed by atoms with E-state index in [1.807, 2.05) is 36.4 Å². The molecule has 0 aliphatic carbocycles. The maximum Gasteiger partial charge on any atom is 0.240 e. The molecule has 0 saturated carbocycles. The van der Waals surface area contributed by atoms with Crippen molar-refractivity contribution < 1.29 is 23.1 Å². The lowest BCUT2D eigenvalue weighted by atomic mass is 10.1. The second-order valence-electron chi connectivity index (χ2n) is 7.09. The van der Waals surface area contributed by atoms with Crippen molar-refractivity contribution in [3.05, 3.63) is 48.8 Å². The molecule has 4 rings (SSSR count). The molecule has 0 bridgehead atoms. The van der Waals surface area contributed by atoms with Crippen molar-refractivity contribution in [1.82, 2.24) is 14.9 Å². The first-order chi connectivity index (χ1) is 13.9. The van der Waals surface area contributed by atoms with Gasteiger partial charge in [-0.2, -0.15) is 0 Å². The molecule has 1 saturated heterocycles. The molecule has 2 unspecified atom stereocenters. The maximum atomic E-state index is 12.5. The average Bonchev–Trinajstić information content (AvgIpc) is 3.21. The van der Waals surface area contributed by atoms with Gasteiger partial charge in [-0.25, -0.2) is 8.42 Å². The number of benzene rings is 1. The molecule has 152 valence electrons. The quantitative estimate of drug-likeness (QED) is 0.643. The molecular formula is C20H21N3O5S. The normalized spacial score (nSPS) is 20.6. The largest absolute Gasteiger partial charge is 0.497 e. The van der Waals surface area contributed by atoms with Gasteiger partial charge in [-0.15, -0.1) is 0 Å². The molecule has 1 fully saturated rings. The van der Waals surface area contributed by atoms with Gasteiger partial charge in [-0.05, 0) is 24.3 Å². The third-order valence-electron chi connectivity index (χ3n) is 5.00. The Kier molecular flexibility index (Phi) is 5.01. The number of rotatable bonds is 5. The standard InChI is InChI=1S/C20H21N3O5S/c1-28-15-4-2-3-14(9-15)19-20-13(5-7-21-19)6-8-23(20)10-18(25)22-16-11-29(26,27)12-17(16)24/h2-9,16-17,24H,10-12H2,1H3,(H,22,25). The van der Waals surface area contributed by atoms with E-state index in [2.05, 4.69) is 10.3 Å². The summed E-state index contributed by atoms with van der Waals surface area (Å²) in [6, 6.07) is 10.5. The van der Waals surface area contributed by atoms with Gasteiger partial charge in [0.15, 0.2) is 9.84 Å². The van der Waals surface area contributed by atoms with Crippen LogP contribution in [-0.2, 0) is 21.2 Å². The maximum absolute atomic E-state index is 12.5. The van der Waals surface area contributed by atoms with E-state index in [0.717, 1.165) is 16.5 Å². The Morgan fingerprint density at radius 3 is 2.86 bits per heavy atom. The van der Waals surface area contributed by atoms with Crippen molar-refractivity contribution in [2.75, 3.05) is 18.6 Å². The lowest BCUT2D eigenvalue weighted by Crippen LogP contribution is -2.43. The molecule has 2 N–H and O–H groups in total. The van der Waals surface area contributed by atoms with Gasteiger partial charge in [0.1, 0.15) is 12.3 Å². The fourth-order valence-electron chi connectivity index (χ4n) is 3.64. The van der Waals surface area contributed by atoms with Crippen LogP contribution in [0.1, 0.15) is 0 Å². The summed E-state index contributed by atoms with van der Waals surface area (Å²) >= 11 is 0. The molecule has 2 aromatic heterocycles. The van der Waals surface area contributed by atoms with E-state index < -0.39 is 22.0 Å². The number of carbonyl (C=O) groups excluding carboxylic acids is 1. The molecule has 2 atom stereocenters. The van der Waals surface area contributed by atoms with Crippen LogP contribution < -0.4 is 10.1 Å². The highest BCUT2D eigenvalue weighted by Crippen LogP contribution is 2.29. The summed E-state index contributed by atoms with van der Waals surface area (Å²) in [6.07, 6.45) is 2.41.